The van der Waals surface area contributed by atoms with E-state index >= 15 is 0 Å². The quantitative estimate of drug-likeness (QED) is 0.0776. The molecule has 0 aromatic heterocycles. The van der Waals surface area contributed by atoms with Gasteiger partial charge in [-0.15, -0.1) is 0 Å². The SMILES string of the molecule is CC/C=C\C/C=C\C/C=C\CCCCCCCC(=O)O.CCCCC/C=C\C/C=C\CCCCCCCC(=O)O. The third kappa shape index (κ3) is 42.7. The summed E-state index contributed by atoms with van der Waals surface area (Å²) < 4.78 is 0. The molecule has 0 aromatic rings. The third-order valence-corrected chi connectivity index (χ3v) is 6.38. The molecule has 0 spiro atoms. The van der Waals surface area contributed by atoms with Crippen LogP contribution in [0.25, 0.3) is 0 Å². The van der Waals surface area contributed by atoms with Crippen LogP contribution in [0.3, 0.4) is 0 Å². The lowest BCUT2D eigenvalue weighted by atomic mass is 10.1. The number of rotatable bonds is 27. The molecule has 0 saturated heterocycles. The van der Waals surface area contributed by atoms with Crippen LogP contribution in [-0.4, -0.2) is 22.2 Å². The van der Waals surface area contributed by atoms with Gasteiger partial charge in [-0.05, 0) is 77.0 Å². The lowest BCUT2D eigenvalue weighted by Gasteiger charge is -1.98. The summed E-state index contributed by atoms with van der Waals surface area (Å²) >= 11 is 0. The van der Waals surface area contributed by atoms with E-state index in [1.54, 1.807) is 0 Å². The smallest absolute Gasteiger partial charge is 0.303 e. The van der Waals surface area contributed by atoms with Crippen LogP contribution in [0.5, 0.6) is 0 Å². The van der Waals surface area contributed by atoms with Crippen LogP contribution in [0.15, 0.2) is 60.8 Å². The summed E-state index contributed by atoms with van der Waals surface area (Å²) in [5, 5.41) is 17.0. The van der Waals surface area contributed by atoms with Crippen LogP contribution in [0, 0.1) is 0 Å². The minimum atomic E-state index is -0.675. The van der Waals surface area contributed by atoms with E-state index in [4.69, 9.17) is 10.2 Å². The van der Waals surface area contributed by atoms with Crippen molar-refractivity contribution in [2.75, 3.05) is 0 Å². The fourth-order valence-electron chi connectivity index (χ4n) is 3.98. The summed E-state index contributed by atoms with van der Waals surface area (Å²) in [5.74, 6) is -1.35. The average Bonchev–Trinajstić information content (AvgIpc) is 2.93. The fourth-order valence-corrected chi connectivity index (χ4v) is 3.98. The Morgan fingerprint density at radius 1 is 0.425 bits per heavy atom. The molecule has 0 aromatic carbocycles. The second-order valence-electron chi connectivity index (χ2n) is 10.4. The first-order chi connectivity index (χ1) is 19.5. The van der Waals surface area contributed by atoms with E-state index in [1.807, 2.05) is 0 Å². The Kier molecular flexibility index (Phi) is 36.4. The van der Waals surface area contributed by atoms with Crippen molar-refractivity contribution in [3.8, 4) is 0 Å². The lowest BCUT2D eigenvalue weighted by Crippen LogP contribution is -1.93. The van der Waals surface area contributed by atoms with E-state index in [9.17, 15) is 9.59 Å². The zero-order valence-corrected chi connectivity index (χ0v) is 26.0. The zero-order valence-electron chi connectivity index (χ0n) is 26.0. The molecule has 0 unspecified atom stereocenters. The maximum atomic E-state index is 10.3. The number of carboxylic acid groups (broad SMARTS) is 2. The van der Waals surface area contributed by atoms with Crippen LogP contribution in [0.1, 0.15) is 155 Å². The number of allylic oxidation sites excluding steroid dienone is 10. The van der Waals surface area contributed by atoms with E-state index in [1.165, 1.54) is 57.8 Å². The van der Waals surface area contributed by atoms with Crippen LogP contribution < -0.4 is 0 Å². The lowest BCUT2D eigenvalue weighted by molar-refractivity contribution is -0.138. The highest BCUT2D eigenvalue weighted by Crippen LogP contribution is 2.09. The number of carboxylic acids is 2. The molecule has 0 heterocycles. The molecule has 0 atom stereocenters. The van der Waals surface area contributed by atoms with Crippen molar-refractivity contribution in [1.82, 2.24) is 0 Å². The molecule has 0 amide bonds. The topological polar surface area (TPSA) is 74.6 Å². The largest absolute Gasteiger partial charge is 0.481 e. The maximum Gasteiger partial charge on any atom is 0.303 e. The zero-order chi connectivity index (χ0) is 29.8. The second kappa shape index (κ2) is 36.6. The Balaban J connectivity index is 0. The van der Waals surface area contributed by atoms with Crippen molar-refractivity contribution in [2.24, 2.45) is 0 Å². The normalized spacial score (nSPS) is 11.8. The molecular weight excluding hydrogens is 496 g/mol. The number of hydrogen-bond donors (Lipinski definition) is 2. The number of hydrogen-bond acceptors (Lipinski definition) is 2. The Morgan fingerprint density at radius 2 is 0.750 bits per heavy atom. The molecule has 2 N–H and O–H groups in total. The van der Waals surface area contributed by atoms with E-state index < -0.39 is 11.9 Å². The van der Waals surface area contributed by atoms with Gasteiger partial charge < -0.3 is 10.2 Å². The first-order valence-corrected chi connectivity index (χ1v) is 16.2. The monoisotopic (exact) mass is 558 g/mol. The van der Waals surface area contributed by atoms with Crippen molar-refractivity contribution in [3.05, 3.63) is 60.8 Å². The molecule has 0 aliphatic carbocycles. The van der Waals surface area contributed by atoms with E-state index in [0.717, 1.165) is 70.6 Å². The van der Waals surface area contributed by atoms with Gasteiger partial charge in [0.25, 0.3) is 0 Å². The van der Waals surface area contributed by atoms with Crippen LogP contribution >= 0.6 is 0 Å². The van der Waals surface area contributed by atoms with E-state index in [2.05, 4.69) is 74.6 Å². The van der Waals surface area contributed by atoms with Gasteiger partial charge in [0, 0.05) is 12.8 Å². The maximum absolute atomic E-state index is 10.3. The molecule has 0 rings (SSSR count). The molecule has 0 aliphatic rings. The Bertz CT molecular complexity index is 685. The molecule has 0 aliphatic heterocycles. The van der Waals surface area contributed by atoms with Gasteiger partial charge >= 0.3 is 11.9 Å². The minimum absolute atomic E-state index is 0.319. The van der Waals surface area contributed by atoms with Gasteiger partial charge in [0.15, 0.2) is 0 Å². The molecular formula is C36H62O4. The van der Waals surface area contributed by atoms with Crippen molar-refractivity contribution in [1.29, 1.82) is 0 Å². The summed E-state index contributed by atoms with van der Waals surface area (Å²) in [6.45, 7) is 4.38. The van der Waals surface area contributed by atoms with Gasteiger partial charge in [0.1, 0.15) is 0 Å². The Hall–Kier alpha value is -2.36. The summed E-state index contributed by atoms with van der Waals surface area (Å²) in [7, 11) is 0. The summed E-state index contributed by atoms with van der Waals surface area (Å²) in [6, 6.07) is 0. The minimum Gasteiger partial charge on any atom is -0.481 e. The predicted molar refractivity (Wildman–Crippen MR) is 174 cm³/mol. The van der Waals surface area contributed by atoms with Gasteiger partial charge in [-0.2, -0.15) is 0 Å². The highest BCUT2D eigenvalue weighted by atomic mass is 16.4. The highest BCUT2D eigenvalue weighted by molar-refractivity contribution is 5.66. The van der Waals surface area contributed by atoms with Crippen molar-refractivity contribution in [2.45, 2.75) is 155 Å². The predicted octanol–water partition coefficient (Wildman–Crippen LogP) is 11.5. The molecule has 0 saturated carbocycles. The third-order valence-electron chi connectivity index (χ3n) is 6.38. The summed E-state index contributed by atoms with van der Waals surface area (Å²) in [5.41, 5.74) is 0. The Morgan fingerprint density at radius 3 is 1.12 bits per heavy atom. The van der Waals surface area contributed by atoms with Crippen molar-refractivity contribution < 1.29 is 19.8 Å². The molecule has 0 radical (unpaired) electrons. The van der Waals surface area contributed by atoms with Crippen LogP contribution in [0.4, 0.5) is 0 Å². The molecule has 4 nitrogen and oxygen atoms in total. The molecule has 4 heteroatoms. The van der Waals surface area contributed by atoms with Gasteiger partial charge in [0.05, 0.1) is 0 Å². The first kappa shape index (κ1) is 39.8. The van der Waals surface area contributed by atoms with Crippen molar-refractivity contribution in [3.63, 3.8) is 0 Å². The standard InChI is InChI=1S/C18H32O2.C18H30O2/c2*1-2-3-4-5-6-7-8-9-10-11-12-13-14-15-16-17-18(19)20/h6-7,9-10H,2-5,8,11-17H2,1H3,(H,19,20);3-4,6-7,9-10H,2,5,8,11-17H2,1H3,(H,19,20)/b7-6-,10-9-;4-3-,7-6-,10-9-. The number of carbonyl (C=O) groups is 2. The second-order valence-corrected chi connectivity index (χ2v) is 10.4. The Labute approximate surface area is 247 Å². The number of unbranched alkanes of at least 4 members (excludes halogenated alkanes) is 13. The van der Waals surface area contributed by atoms with Gasteiger partial charge in [-0.25, -0.2) is 0 Å². The van der Waals surface area contributed by atoms with E-state index in [0.29, 0.717) is 12.8 Å². The van der Waals surface area contributed by atoms with Crippen LogP contribution in [0.2, 0.25) is 0 Å². The summed E-state index contributed by atoms with van der Waals surface area (Å²) in [6.07, 6.45) is 45.7. The van der Waals surface area contributed by atoms with Crippen molar-refractivity contribution >= 4 is 11.9 Å². The number of aliphatic carboxylic acids is 2. The van der Waals surface area contributed by atoms with Gasteiger partial charge in [-0.1, -0.05) is 126 Å². The average molecular weight is 559 g/mol. The fraction of sp³-hybridized carbons (Fsp3) is 0.667. The molecule has 40 heavy (non-hydrogen) atoms. The molecule has 0 fully saturated rings. The molecule has 0 bridgehead atoms. The van der Waals surface area contributed by atoms with Gasteiger partial charge in [-0.3, -0.25) is 9.59 Å². The van der Waals surface area contributed by atoms with Gasteiger partial charge in [0.2, 0.25) is 0 Å². The van der Waals surface area contributed by atoms with Crippen LogP contribution in [-0.2, 0) is 9.59 Å². The van der Waals surface area contributed by atoms with E-state index in [-0.39, 0.29) is 0 Å². The highest BCUT2D eigenvalue weighted by Gasteiger charge is 1.96. The molecule has 230 valence electrons. The summed E-state index contributed by atoms with van der Waals surface area (Å²) in [4.78, 5) is 20.6. The first-order valence-electron chi connectivity index (χ1n) is 16.2.